The van der Waals surface area contributed by atoms with E-state index in [0.717, 1.165) is 18.6 Å². The number of carbonyl (C=O) groups is 1. The van der Waals surface area contributed by atoms with E-state index in [9.17, 15) is 4.79 Å². The molecule has 0 N–H and O–H groups in total. The van der Waals surface area contributed by atoms with Crippen molar-refractivity contribution in [2.24, 2.45) is 11.8 Å². The summed E-state index contributed by atoms with van der Waals surface area (Å²) in [4.78, 5) is 14.5. The Kier molecular flexibility index (Phi) is 4.19. The van der Waals surface area contributed by atoms with Crippen LogP contribution in [0.1, 0.15) is 32.3 Å². The SMILES string of the molecule is Cc1cccc2c1cnn2CCC(=O)N1C[C@H](C)C[C@@H](C)C1. The predicted octanol–water partition coefficient (Wildman–Crippen LogP) is 3.24. The van der Waals surface area contributed by atoms with Crippen molar-refractivity contribution < 1.29 is 4.79 Å². The Balaban J connectivity index is 1.66. The van der Waals surface area contributed by atoms with Gasteiger partial charge >= 0.3 is 0 Å². The first-order valence-corrected chi connectivity index (χ1v) is 8.23. The van der Waals surface area contributed by atoms with Crippen molar-refractivity contribution in [1.82, 2.24) is 14.7 Å². The molecule has 1 aromatic carbocycles. The van der Waals surface area contributed by atoms with Crippen LogP contribution in [-0.4, -0.2) is 33.7 Å². The smallest absolute Gasteiger partial charge is 0.224 e. The van der Waals surface area contributed by atoms with Gasteiger partial charge in [0.15, 0.2) is 0 Å². The Bertz CT molecular complexity index is 666. The fourth-order valence-electron chi connectivity index (χ4n) is 3.65. The van der Waals surface area contributed by atoms with Crippen LogP contribution in [0.5, 0.6) is 0 Å². The van der Waals surface area contributed by atoms with Crippen LogP contribution < -0.4 is 0 Å². The van der Waals surface area contributed by atoms with Crippen LogP contribution in [0.3, 0.4) is 0 Å². The van der Waals surface area contributed by atoms with Crippen LogP contribution in [-0.2, 0) is 11.3 Å². The van der Waals surface area contributed by atoms with Crippen molar-refractivity contribution in [3.05, 3.63) is 30.0 Å². The van der Waals surface area contributed by atoms with Gasteiger partial charge in [-0.2, -0.15) is 5.10 Å². The van der Waals surface area contributed by atoms with E-state index in [1.54, 1.807) is 0 Å². The van der Waals surface area contributed by atoms with Gasteiger partial charge in [0.25, 0.3) is 0 Å². The van der Waals surface area contributed by atoms with E-state index in [-0.39, 0.29) is 5.91 Å². The molecule has 2 aromatic rings. The van der Waals surface area contributed by atoms with Gasteiger partial charge in [0.2, 0.25) is 5.91 Å². The summed E-state index contributed by atoms with van der Waals surface area (Å²) in [6.07, 6.45) is 3.66. The van der Waals surface area contributed by atoms with Crippen LogP contribution in [0.2, 0.25) is 0 Å². The molecule has 2 atom stereocenters. The first-order chi connectivity index (χ1) is 10.5. The molecule has 1 saturated heterocycles. The molecular formula is C18H25N3O. The van der Waals surface area contributed by atoms with Gasteiger partial charge in [-0.15, -0.1) is 0 Å². The van der Waals surface area contributed by atoms with Gasteiger partial charge in [0, 0.05) is 24.9 Å². The molecule has 0 radical (unpaired) electrons. The number of likely N-dealkylation sites (tertiary alicyclic amines) is 1. The summed E-state index contributed by atoms with van der Waals surface area (Å²) in [5.74, 6) is 1.48. The van der Waals surface area contributed by atoms with Gasteiger partial charge in [-0.3, -0.25) is 9.48 Å². The maximum absolute atomic E-state index is 12.5. The normalized spacial score (nSPS) is 22.2. The quantitative estimate of drug-likeness (QED) is 0.872. The van der Waals surface area contributed by atoms with Gasteiger partial charge < -0.3 is 4.90 Å². The highest BCUT2D eigenvalue weighted by Crippen LogP contribution is 2.22. The molecule has 0 saturated carbocycles. The minimum absolute atomic E-state index is 0.259. The van der Waals surface area contributed by atoms with E-state index in [4.69, 9.17) is 0 Å². The molecule has 2 heterocycles. The predicted molar refractivity (Wildman–Crippen MR) is 88.6 cm³/mol. The number of nitrogens with zero attached hydrogens (tertiary/aromatic N) is 3. The minimum atomic E-state index is 0.259. The maximum Gasteiger partial charge on any atom is 0.224 e. The molecule has 22 heavy (non-hydrogen) atoms. The molecule has 0 aliphatic carbocycles. The first-order valence-electron chi connectivity index (χ1n) is 8.23. The molecule has 0 unspecified atom stereocenters. The lowest BCUT2D eigenvalue weighted by atomic mass is 9.92. The Morgan fingerprint density at radius 3 is 2.73 bits per heavy atom. The van der Waals surface area contributed by atoms with Crippen LogP contribution in [0.25, 0.3) is 10.9 Å². The van der Waals surface area contributed by atoms with Crippen molar-refractivity contribution in [2.75, 3.05) is 13.1 Å². The third kappa shape index (κ3) is 3.01. The Morgan fingerprint density at radius 1 is 1.27 bits per heavy atom. The molecule has 1 aromatic heterocycles. The van der Waals surface area contributed by atoms with E-state index in [1.807, 2.05) is 21.8 Å². The number of fused-ring (bicyclic) bond motifs is 1. The fraction of sp³-hybridized carbons (Fsp3) is 0.556. The van der Waals surface area contributed by atoms with Crippen molar-refractivity contribution in [2.45, 2.75) is 40.2 Å². The van der Waals surface area contributed by atoms with Gasteiger partial charge in [-0.1, -0.05) is 26.0 Å². The monoisotopic (exact) mass is 299 g/mol. The van der Waals surface area contributed by atoms with Crippen LogP contribution >= 0.6 is 0 Å². The van der Waals surface area contributed by atoms with E-state index >= 15 is 0 Å². The standard InChI is InChI=1S/C18H25N3O/c1-13-9-14(2)12-20(11-13)18(22)7-8-21-17-6-4-5-15(3)16(17)10-19-21/h4-6,10,13-14H,7-9,11-12H2,1-3H3/t13-,14-/m1/s1. The summed E-state index contributed by atoms with van der Waals surface area (Å²) in [5, 5.41) is 5.63. The number of aryl methyl sites for hydroxylation is 2. The second-order valence-corrected chi connectivity index (χ2v) is 6.87. The van der Waals surface area contributed by atoms with Gasteiger partial charge in [0.05, 0.1) is 18.3 Å². The molecule has 4 nitrogen and oxygen atoms in total. The maximum atomic E-state index is 12.5. The van der Waals surface area contributed by atoms with E-state index < -0.39 is 0 Å². The molecule has 1 fully saturated rings. The molecular weight excluding hydrogens is 274 g/mol. The zero-order chi connectivity index (χ0) is 15.7. The van der Waals surface area contributed by atoms with Gasteiger partial charge in [-0.25, -0.2) is 0 Å². The van der Waals surface area contributed by atoms with Crippen molar-refractivity contribution in [1.29, 1.82) is 0 Å². The molecule has 4 heteroatoms. The third-order valence-electron chi connectivity index (χ3n) is 4.66. The molecule has 0 bridgehead atoms. The van der Waals surface area contributed by atoms with Crippen LogP contribution in [0.4, 0.5) is 0 Å². The lowest BCUT2D eigenvalue weighted by molar-refractivity contribution is -0.134. The third-order valence-corrected chi connectivity index (χ3v) is 4.66. The average molecular weight is 299 g/mol. The highest BCUT2D eigenvalue weighted by atomic mass is 16.2. The van der Waals surface area contributed by atoms with Crippen molar-refractivity contribution in [3.8, 4) is 0 Å². The van der Waals surface area contributed by atoms with Crippen molar-refractivity contribution in [3.63, 3.8) is 0 Å². The summed E-state index contributed by atoms with van der Waals surface area (Å²) in [5.41, 5.74) is 2.35. The molecule has 1 amide bonds. The highest BCUT2D eigenvalue weighted by molar-refractivity contribution is 5.82. The molecule has 1 aliphatic heterocycles. The summed E-state index contributed by atoms with van der Waals surface area (Å²) in [6.45, 7) is 9.03. The number of benzene rings is 1. The number of hydrogen-bond acceptors (Lipinski definition) is 2. The van der Waals surface area contributed by atoms with Gasteiger partial charge in [0.1, 0.15) is 0 Å². The summed E-state index contributed by atoms with van der Waals surface area (Å²) < 4.78 is 1.96. The summed E-state index contributed by atoms with van der Waals surface area (Å²) >= 11 is 0. The first kappa shape index (κ1) is 15.1. The molecule has 118 valence electrons. The largest absolute Gasteiger partial charge is 0.342 e. The average Bonchev–Trinajstić information content (AvgIpc) is 2.88. The summed E-state index contributed by atoms with van der Waals surface area (Å²) in [7, 11) is 0. The topological polar surface area (TPSA) is 38.1 Å². The number of rotatable bonds is 3. The van der Waals surface area contributed by atoms with E-state index in [0.29, 0.717) is 24.8 Å². The Labute approximate surface area is 132 Å². The Morgan fingerprint density at radius 2 is 2.00 bits per heavy atom. The number of amides is 1. The second-order valence-electron chi connectivity index (χ2n) is 6.87. The number of piperidine rings is 1. The zero-order valence-corrected chi connectivity index (χ0v) is 13.7. The second kappa shape index (κ2) is 6.11. The fourth-order valence-corrected chi connectivity index (χ4v) is 3.65. The van der Waals surface area contributed by atoms with Crippen LogP contribution in [0.15, 0.2) is 24.4 Å². The number of hydrogen-bond donors (Lipinski definition) is 0. The zero-order valence-electron chi connectivity index (χ0n) is 13.7. The van der Waals surface area contributed by atoms with Crippen LogP contribution in [0, 0.1) is 18.8 Å². The van der Waals surface area contributed by atoms with E-state index in [1.165, 1.54) is 17.4 Å². The summed E-state index contributed by atoms with van der Waals surface area (Å²) in [6, 6.07) is 6.21. The minimum Gasteiger partial charge on any atom is -0.342 e. The molecule has 0 spiro atoms. The van der Waals surface area contributed by atoms with Gasteiger partial charge in [-0.05, 0) is 36.8 Å². The number of carbonyl (C=O) groups excluding carboxylic acids is 1. The van der Waals surface area contributed by atoms with Crippen molar-refractivity contribution >= 4 is 16.8 Å². The number of aromatic nitrogens is 2. The molecule has 1 aliphatic rings. The van der Waals surface area contributed by atoms with E-state index in [2.05, 4.69) is 38.0 Å². The lowest BCUT2D eigenvalue weighted by Gasteiger charge is -2.35. The Hall–Kier alpha value is -1.84. The lowest BCUT2D eigenvalue weighted by Crippen LogP contribution is -2.42. The highest BCUT2D eigenvalue weighted by Gasteiger charge is 2.25. The molecule has 3 rings (SSSR count).